The third-order valence-electron chi connectivity index (χ3n) is 3.26. The van der Waals surface area contributed by atoms with Gasteiger partial charge in [-0.2, -0.15) is 9.78 Å². The van der Waals surface area contributed by atoms with E-state index >= 15 is 0 Å². The molecule has 0 radical (unpaired) electrons. The molecule has 0 fully saturated rings. The summed E-state index contributed by atoms with van der Waals surface area (Å²) in [7, 11) is 1.58. The molecule has 128 valence electrons. The molecule has 0 bridgehead atoms. The fourth-order valence-corrected chi connectivity index (χ4v) is 2.11. The highest BCUT2D eigenvalue weighted by Gasteiger charge is 2.06. The summed E-state index contributed by atoms with van der Waals surface area (Å²) in [5.41, 5.74) is 7.14. The Balaban J connectivity index is 2.26. The quantitative estimate of drug-likeness (QED) is 0.826. The highest BCUT2D eigenvalue weighted by molar-refractivity contribution is 5.81. The summed E-state index contributed by atoms with van der Waals surface area (Å²) in [5.74, 6) is 2.01. The number of nitrogen functional groups attached to an aromatic ring is 1. The van der Waals surface area contributed by atoms with E-state index in [1.165, 1.54) is 6.07 Å². The number of nitrogens with zero attached hydrogens (tertiary/aromatic N) is 2. The molecule has 0 aliphatic rings. The van der Waals surface area contributed by atoms with Gasteiger partial charge in [0, 0.05) is 6.07 Å². The Morgan fingerprint density at radius 3 is 2.62 bits per heavy atom. The smallest absolute Gasteiger partial charge is 0.273 e. The molecule has 2 N–H and O–H groups in total. The maximum absolute atomic E-state index is 11.9. The minimum Gasteiger partial charge on any atom is -0.493 e. The predicted octanol–water partition coefficient (Wildman–Crippen LogP) is 2.66. The molecule has 1 heterocycles. The van der Waals surface area contributed by atoms with Gasteiger partial charge in [-0.05, 0) is 48.2 Å². The lowest BCUT2D eigenvalue weighted by molar-refractivity contribution is 0.257. The number of nitrogens with two attached hydrogens (primary N) is 1. The van der Waals surface area contributed by atoms with E-state index in [1.807, 2.05) is 19.1 Å². The first-order valence-electron chi connectivity index (χ1n) is 7.75. The topological polar surface area (TPSA) is 78.8 Å². The lowest BCUT2D eigenvalue weighted by Crippen LogP contribution is -2.19. The van der Waals surface area contributed by atoms with Crippen molar-refractivity contribution in [2.45, 2.75) is 20.8 Å². The van der Waals surface area contributed by atoms with Gasteiger partial charge in [0.2, 0.25) is 0 Å². The number of aryl methyl sites for hydroxylation is 1. The van der Waals surface area contributed by atoms with Gasteiger partial charge in [0.25, 0.3) is 5.56 Å². The van der Waals surface area contributed by atoms with Gasteiger partial charge in [-0.1, -0.05) is 13.8 Å². The molecule has 1 aromatic heterocycles. The van der Waals surface area contributed by atoms with Gasteiger partial charge in [-0.25, -0.2) is 0 Å². The summed E-state index contributed by atoms with van der Waals surface area (Å²) in [5, 5.41) is 4.15. The Hall–Kier alpha value is -2.76. The van der Waals surface area contributed by atoms with Crippen molar-refractivity contribution in [2.24, 2.45) is 11.0 Å². The van der Waals surface area contributed by atoms with Crippen LogP contribution in [-0.4, -0.2) is 24.6 Å². The van der Waals surface area contributed by atoms with Crippen molar-refractivity contribution in [1.29, 1.82) is 0 Å². The summed E-state index contributed by atoms with van der Waals surface area (Å²) >= 11 is 0. The molecule has 0 saturated carbocycles. The number of rotatable bonds is 6. The molecule has 1 aromatic carbocycles. The van der Waals surface area contributed by atoms with Gasteiger partial charge >= 0.3 is 0 Å². The van der Waals surface area contributed by atoms with Gasteiger partial charge in [-0.3, -0.25) is 4.79 Å². The van der Waals surface area contributed by atoms with Crippen molar-refractivity contribution in [2.75, 3.05) is 19.5 Å². The van der Waals surface area contributed by atoms with Crippen molar-refractivity contribution in [3.05, 3.63) is 51.8 Å². The number of hydrogen-bond donors (Lipinski definition) is 1. The normalized spacial score (nSPS) is 11.2. The number of ether oxygens (including phenoxy) is 2. The molecule has 2 aromatic rings. The minimum atomic E-state index is -0.271. The zero-order valence-corrected chi connectivity index (χ0v) is 14.4. The van der Waals surface area contributed by atoms with Crippen LogP contribution >= 0.6 is 0 Å². The Morgan fingerprint density at radius 1 is 1.25 bits per heavy atom. The predicted molar refractivity (Wildman–Crippen MR) is 96.2 cm³/mol. The van der Waals surface area contributed by atoms with Crippen LogP contribution in [0.15, 0.2) is 40.2 Å². The van der Waals surface area contributed by atoms with Crippen molar-refractivity contribution < 1.29 is 9.47 Å². The Kier molecular flexibility index (Phi) is 5.63. The second kappa shape index (κ2) is 7.68. The van der Waals surface area contributed by atoms with Crippen LogP contribution in [0.4, 0.5) is 5.82 Å². The first-order chi connectivity index (χ1) is 11.4. The van der Waals surface area contributed by atoms with E-state index in [1.54, 1.807) is 25.5 Å². The van der Waals surface area contributed by atoms with Crippen LogP contribution in [0, 0.1) is 12.8 Å². The van der Waals surface area contributed by atoms with Gasteiger partial charge in [0.15, 0.2) is 11.5 Å². The van der Waals surface area contributed by atoms with E-state index in [4.69, 9.17) is 15.2 Å². The van der Waals surface area contributed by atoms with Crippen LogP contribution in [-0.2, 0) is 0 Å². The molecule has 2 rings (SSSR count). The van der Waals surface area contributed by atoms with Crippen LogP contribution in [0.2, 0.25) is 0 Å². The third kappa shape index (κ3) is 4.38. The molecule has 6 nitrogen and oxygen atoms in total. The molecule has 0 aliphatic heterocycles. The van der Waals surface area contributed by atoms with Gasteiger partial charge < -0.3 is 15.2 Å². The average molecular weight is 329 g/mol. The maximum Gasteiger partial charge on any atom is 0.273 e. The number of benzene rings is 1. The largest absolute Gasteiger partial charge is 0.493 e. The van der Waals surface area contributed by atoms with Crippen molar-refractivity contribution in [3.8, 4) is 11.5 Å². The average Bonchev–Trinajstić information content (AvgIpc) is 2.52. The third-order valence-corrected chi connectivity index (χ3v) is 3.26. The van der Waals surface area contributed by atoms with Crippen molar-refractivity contribution in [1.82, 2.24) is 4.68 Å². The zero-order chi connectivity index (χ0) is 17.7. The zero-order valence-electron chi connectivity index (χ0n) is 14.4. The van der Waals surface area contributed by atoms with E-state index in [0.717, 1.165) is 15.8 Å². The number of methoxy groups -OCH3 is 1. The number of hydrogen-bond acceptors (Lipinski definition) is 5. The summed E-state index contributed by atoms with van der Waals surface area (Å²) in [6.07, 6.45) is 1.56. The molecular formula is C18H23N3O3. The summed E-state index contributed by atoms with van der Waals surface area (Å²) in [4.78, 5) is 11.9. The molecule has 0 amide bonds. The Labute approximate surface area is 141 Å². The molecule has 0 atom stereocenters. The number of pyridine rings is 1. The van der Waals surface area contributed by atoms with E-state index in [-0.39, 0.29) is 5.56 Å². The molecule has 0 saturated heterocycles. The standard InChI is InChI=1S/C18H23N3O3/c1-12(2)11-24-15-6-5-14(9-16(15)23-4)10-20-21-17(19)7-13(3)8-18(21)22/h5-10,12H,11,19H2,1-4H3. The first-order valence-corrected chi connectivity index (χ1v) is 7.75. The Bertz CT molecular complexity index is 795. The summed E-state index contributed by atoms with van der Waals surface area (Å²) in [6, 6.07) is 8.65. The van der Waals surface area contributed by atoms with E-state index in [9.17, 15) is 4.79 Å². The molecule has 0 unspecified atom stereocenters. The Morgan fingerprint density at radius 2 is 2.00 bits per heavy atom. The van der Waals surface area contributed by atoms with Gasteiger partial charge in [-0.15, -0.1) is 0 Å². The van der Waals surface area contributed by atoms with Crippen LogP contribution < -0.4 is 20.8 Å². The summed E-state index contributed by atoms with van der Waals surface area (Å²) < 4.78 is 12.2. The summed E-state index contributed by atoms with van der Waals surface area (Å²) in [6.45, 7) is 6.58. The van der Waals surface area contributed by atoms with Gasteiger partial charge in [0.1, 0.15) is 5.82 Å². The molecule has 24 heavy (non-hydrogen) atoms. The maximum atomic E-state index is 11.9. The van der Waals surface area contributed by atoms with E-state index in [2.05, 4.69) is 18.9 Å². The lowest BCUT2D eigenvalue weighted by atomic mass is 10.2. The fourth-order valence-electron chi connectivity index (χ4n) is 2.11. The van der Waals surface area contributed by atoms with Crippen LogP contribution in [0.25, 0.3) is 0 Å². The fraction of sp³-hybridized carbons (Fsp3) is 0.333. The number of aromatic nitrogens is 1. The van der Waals surface area contributed by atoms with Crippen LogP contribution in [0.5, 0.6) is 11.5 Å². The molecule has 0 aliphatic carbocycles. The highest BCUT2D eigenvalue weighted by atomic mass is 16.5. The lowest BCUT2D eigenvalue weighted by Gasteiger charge is -2.12. The van der Waals surface area contributed by atoms with Gasteiger partial charge in [0.05, 0.1) is 19.9 Å². The van der Waals surface area contributed by atoms with Crippen LogP contribution in [0.3, 0.4) is 0 Å². The highest BCUT2D eigenvalue weighted by Crippen LogP contribution is 2.28. The van der Waals surface area contributed by atoms with Crippen molar-refractivity contribution >= 4 is 12.0 Å². The molecule has 0 spiro atoms. The second-order valence-electron chi connectivity index (χ2n) is 5.97. The van der Waals surface area contributed by atoms with E-state index < -0.39 is 0 Å². The van der Waals surface area contributed by atoms with Crippen molar-refractivity contribution in [3.63, 3.8) is 0 Å². The van der Waals surface area contributed by atoms with Crippen LogP contribution in [0.1, 0.15) is 25.0 Å². The monoisotopic (exact) mass is 329 g/mol. The molecule has 6 heteroatoms. The minimum absolute atomic E-state index is 0.271. The van der Waals surface area contributed by atoms with E-state index in [0.29, 0.717) is 29.8 Å². The molecular weight excluding hydrogens is 306 g/mol. The first kappa shape index (κ1) is 17.6. The second-order valence-corrected chi connectivity index (χ2v) is 5.97. The number of anilines is 1. The SMILES string of the molecule is COc1cc(C=Nn2c(N)cc(C)cc2=O)ccc1OCC(C)C.